The number of benzene rings is 1. The van der Waals surface area contributed by atoms with Gasteiger partial charge in [-0.05, 0) is 43.5 Å². The smallest absolute Gasteiger partial charge is 0.0402 e. The van der Waals surface area contributed by atoms with Crippen molar-refractivity contribution in [3.63, 3.8) is 0 Å². The minimum atomic E-state index is 0.379. The highest BCUT2D eigenvalue weighted by atomic mass is 15.2. The van der Waals surface area contributed by atoms with Crippen LogP contribution in [0.5, 0.6) is 0 Å². The highest BCUT2D eigenvalue weighted by molar-refractivity contribution is 5.59. The second-order valence-electron chi connectivity index (χ2n) is 6.60. The maximum atomic E-state index is 2.67. The fourth-order valence-corrected chi connectivity index (χ4v) is 3.88. The minimum Gasteiger partial charge on any atom is -0.367 e. The first-order chi connectivity index (χ1) is 8.58. The second-order valence-corrected chi connectivity index (χ2v) is 6.60. The Balaban J connectivity index is 1.88. The Morgan fingerprint density at radius 2 is 1.94 bits per heavy atom. The van der Waals surface area contributed by atoms with Crippen LogP contribution in [0.1, 0.15) is 25.8 Å². The molecule has 1 unspecified atom stereocenters. The van der Waals surface area contributed by atoms with Gasteiger partial charge in [0.05, 0.1) is 0 Å². The van der Waals surface area contributed by atoms with Gasteiger partial charge in [-0.15, -0.1) is 0 Å². The molecule has 1 fully saturated rings. The Hall–Kier alpha value is -1.02. The van der Waals surface area contributed by atoms with E-state index in [4.69, 9.17) is 0 Å². The average molecular weight is 244 g/mol. The molecule has 0 radical (unpaired) electrons. The van der Waals surface area contributed by atoms with E-state index in [-0.39, 0.29) is 0 Å². The number of likely N-dealkylation sites (tertiary alicyclic amines) is 1. The van der Waals surface area contributed by atoms with Gasteiger partial charge in [-0.2, -0.15) is 0 Å². The molecule has 1 atom stereocenters. The summed E-state index contributed by atoms with van der Waals surface area (Å²) in [6.45, 7) is 8.49. The summed E-state index contributed by atoms with van der Waals surface area (Å²) >= 11 is 0. The van der Waals surface area contributed by atoms with Crippen molar-refractivity contribution >= 4 is 5.69 Å². The summed E-state index contributed by atoms with van der Waals surface area (Å²) in [6.07, 6.45) is 2.51. The number of fused-ring (bicyclic) bond motifs is 1. The molecule has 2 aliphatic heterocycles. The van der Waals surface area contributed by atoms with Gasteiger partial charge in [0.2, 0.25) is 0 Å². The lowest BCUT2D eigenvalue weighted by Gasteiger charge is -2.48. The molecule has 98 valence electrons. The average Bonchev–Trinajstić information content (AvgIpc) is 2.72. The van der Waals surface area contributed by atoms with Crippen LogP contribution in [-0.4, -0.2) is 37.6 Å². The first-order valence-electron chi connectivity index (χ1n) is 7.11. The van der Waals surface area contributed by atoms with Crippen molar-refractivity contribution in [1.29, 1.82) is 0 Å². The summed E-state index contributed by atoms with van der Waals surface area (Å²) in [7, 11) is 2.25. The molecular formula is C16H24N2. The molecule has 18 heavy (non-hydrogen) atoms. The molecular weight excluding hydrogens is 220 g/mol. The molecule has 2 heteroatoms. The van der Waals surface area contributed by atoms with Crippen molar-refractivity contribution in [2.24, 2.45) is 5.41 Å². The number of nitrogens with zero attached hydrogens (tertiary/aromatic N) is 2. The highest BCUT2D eigenvalue weighted by Crippen LogP contribution is 2.39. The van der Waals surface area contributed by atoms with E-state index in [1.807, 2.05) is 0 Å². The van der Waals surface area contributed by atoms with Gasteiger partial charge in [0.15, 0.2) is 0 Å². The number of hydrogen-bond acceptors (Lipinski definition) is 2. The number of anilines is 1. The van der Waals surface area contributed by atoms with Gasteiger partial charge in [0.25, 0.3) is 0 Å². The summed E-state index contributed by atoms with van der Waals surface area (Å²) in [5.41, 5.74) is 3.40. The van der Waals surface area contributed by atoms with Crippen molar-refractivity contribution in [3.8, 4) is 0 Å². The number of piperidine rings is 1. The normalized spacial score (nSPS) is 27.3. The van der Waals surface area contributed by atoms with Crippen molar-refractivity contribution < 1.29 is 0 Å². The molecule has 2 aliphatic rings. The Morgan fingerprint density at radius 3 is 2.72 bits per heavy atom. The fraction of sp³-hybridized carbons (Fsp3) is 0.625. The highest BCUT2D eigenvalue weighted by Gasteiger charge is 2.40. The van der Waals surface area contributed by atoms with E-state index in [9.17, 15) is 0 Å². The molecule has 0 N–H and O–H groups in total. The quantitative estimate of drug-likeness (QED) is 0.749. The van der Waals surface area contributed by atoms with E-state index in [1.165, 1.54) is 43.7 Å². The molecule has 3 rings (SSSR count). The third-order valence-electron chi connectivity index (χ3n) is 4.66. The van der Waals surface area contributed by atoms with Crippen molar-refractivity contribution in [2.75, 3.05) is 31.6 Å². The Kier molecular flexibility index (Phi) is 2.86. The Labute approximate surface area is 111 Å². The monoisotopic (exact) mass is 244 g/mol. The van der Waals surface area contributed by atoms with Crippen molar-refractivity contribution in [3.05, 3.63) is 29.8 Å². The molecule has 0 aromatic heterocycles. The van der Waals surface area contributed by atoms with E-state index < -0.39 is 0 Å². The number of rotatable bonds is 1. The predicted octanol–water partition coefficient (Wildman–Crippen LogP) is 2.78. The fourth-order valence-electron chi connectivity index (χ4n) is 3.88. The third-order valence-corrected chi connectivity index (χ3v) is 4.66. The lowest BCUT2D eigenvalue weighted by molar-refractivity contribution is 0.113. The lowest BCUT2D eigenvalue weighted by atomic mass is 9.78. The van der Waals surface area contributed by atoms with E-state index >= 15 is 0 Å². The standard InChI is InChI=1S/C16H24N2/c1-16(2)12-17(3)10-9-15(16)18-11-8-13-6-4-5-7-14(13)18/h4-7,15H,8-12H2,1-3H3. The number of hydrogen-bond donors (Lipinski definition) is 0. The van der Waals surface area contributed by atoms with Crippen molar-refractivity contribution in [2.45, 2.75) is 32.7 Å². The van der Waals surface area contributed by atoms with Crippen LogP contribution in [0.25, 0.3) is 0 Å². The summed E-state index contributed by atoms with van der Waals surface area (Å²) in [5, 5.41) is 0. The molecule has 0 saturated carbocycles. The van der Waals surface area contributed by atoms with Gasteiger partial charge in [0.1, 0.15) is 0 Å². The van der Waals surface area contributed by atoms with Crippen LogP contribution in [0, 0.1) is 5.41 Å². The zero-order valence-corrected chi connectivity index (χ0v) is 11.8. The summed E-state index contributed by atoms with van der Waals surface area (Å²) in [4.78, 5) is 5.14. The van der Waals surface area contributed by atoms with E-state index in [1.54, 1.807) is 0 Å². The number of para-hydroxylation sites is 1. The topological polar surface area (TPSA) is 6.48 Å². The zero-order valence-electron chi connectivity index (χ0n) is 11.8. The summed E-state index contributed by atoms with van der Waals surface area (Å²) in [5.74, 6) is 0. The maximum Gasteiger partial charge on any atom is 0.0402 e. The third kappa shape index (κ3) is 1.93. The van der Waals surface area contributed by atoms with Crippen LogP contribution in [0.4, 0.5) is 5.69 Å². The van der Waals surface area contributed by atoms with Gasteiger partial charge in [0, 0.05) is 24.8 Å². The molecule has 0 amide bonds. The first kappa shape index (κ1) is 12.0. The van der Waals surface area contributed by atoms with E-state index in [0.29, 0.717) is 11.5 Å². The molecule has 1 aromatic rings. The van der Waals surface area contributed by atoms with Crippen LogP contribution in [0.15, 0.2) is 24.3 Å². The summed E-state index contributed by atoms with van der Waals surface area (Å²) in [6, 6.07) is 9.63. The molecule has 1 aromatic carbocycles. The minimum absolute atomic E-state index is 0.379. The van der Waals surface area contributed by atoms with Gasteiger partial charge in [-0.1, -0.05) is 32.0 Å². The molecule has 1 saturated heterocycles. The van der Waals surface area contributed by atoms with Crippen molar-refractivity contribution in [1.82, 2.24) is 4.90 Å². The van der Waals surface area contributed by atoms with Crippen LogP contribution in [-0.2, 0) is 6.42 Å². The molecule has 2 heterocycles. The first-order valence-corrected chi connectivity index (χ1v) is 7.11. The molecule has 2 nitrogen and oxygen atoms in total. The van der Waals surface area contributed by atoms with E-state index in [2.05, 4.69) is 55.0 Å². The van der Waals surface area contributed by atoms with Crippen LogP contribution in [0.2, 0.25) is 0 Å². The van der Waals surface area contributed by atoms with Gasteiger partial charge >= 0.3 is 0 Å². The Morgan fingerprint density at radius 1 is 1.17 bits per heavy atom. The van der Waals surface area contributed by atoms with Crippen LogP contribution < -0.4 is 4.90 Å². The van der Waals surface area contributed by atoms with Gasteiger partial charge in [-0.3, -0.25) is 0 Å². The largest absolute Gasteiger partial charge is 0.367 e. The van der Waals surface area contributed by atoms with Crippen LogP contribution >= 0.6 is 0 Å². The summed E-state index contributed by atoms with van der Waals surface area (Å²) < 4.78 is 0. The predicted molar refractivity (Wildman–Crippen MR) is 77.2 cm³/mol. The lowest BCUT2D eigenvalue weighted by Crippen LogP contribution is -2.54. The zero-order chi connectivity index (χ0) is 12.8. The maximum absolute atomic E-state index is 2.67. The second kappa shape index (κ2) is 4.27. The van der Waals surface area contributed by atoms with Gasteiger partial charge in [-0.25, -0.2) is 0 Å². The van der Waals surface area contributed by atoms with Gasteiger partial charge < -0.3 is 9.80 Å². The SMILES string of the molecule is CN1CCC(N2CCc3ccccc32)C(C)(C)C1. The molecule has 0 bridgehead atoms. The Bertz CT molecular complexity index is 438. The molecule has 0 spiro atoms. The van der Waals surface area contributed by atoms with Crippen LogP contribution in [0.3, 0.4) is 0 Å². The van der Waals surface area contributed by atoms with E-state index in [0.717, 1.165) is 0 Å². The molecule has 0 aliphatic carbocycles.